The third-order valence-corrected chi connectivity index (χ3v) is 5.01. The standard InChI is InChI=1S/C16H33N3/c1-13-11-18(5)10-7-14(13)19-9-6-8-17-15(12-19)16(2,3)4/h13-15,17H,6-12H2,1-5H3. The fraction of sp³-hybridized carbons (Fsp3) is 1.00. The molecule has 0 aromatic heterocycles. The summed E-state index contributed by atoms with van der Waals surface area (Å²) in [7, 11) is 2.26. The van der Waals surface area contributed by atoms with Gasteiger partial charge in [0.05, 0.1) is 0 Å². The van der Waals surface area contributed by atoms with E-state index < -0.39 is 0 Å². The van der Waals surface area contributed by atoms with E-state index in [0.717, 1.165) is 12.0 Å². The van der Waals surface area contributed by atoms with Crippen molar-refractivity contribution in [1.29, 1.82) is 0 Å². The number of rotatable bonds is 1. The topological polar surface area (TPSA) is 18.5 Å². The van der Waals surface area contributed by atoms with E-state index in [0.29, 0.717) is 11.5 Å². The highest BCUT2D eigenvalue weighted by molar-refractivity contribution is 4.91. The lowest BCUT2D eigenvalue weighted by Gasteiger charge is -2.43. The molecule has 0 aromatic rings. The number of likely N-dealkylation sites (tertiary alicyclic amines) is 1. The van der Waals surface area contributed by atoms with Crippen LogP contribution in [0.15, 0.2) is 0 Å². The lowest BCUT2D eigenvalue weighted by molar-refractivity contribution is 0.0638. The van der Waals surface area contributed by atoms with E-state index in [1.54, 1.807) is 0 Å². The van der Waals surface area contributed by atoms with E-state index in [4.69, 9.17) is 0 Å². The second-order valence-electron chi connectivity index (χ2n) is 7.82. The molecular weight excluding hydrogens is 234 g/mol. The number of nitrogens with zero attached hydrogens (tertiary/aromatic N) is 2. The summed E-state index contributed by atoms with van der Waals surface area (Å²) in [6.07, 6.45) is 2.64. The van der Waals surface area contributed by atoms with Crippen molar-refractivity contribution in [2.45, 2.75) is 52.6 Å². The van der Waals surface area contributed by atoms with Crippen molar-refractivity contribution >= 4 is 0 Å². The molecule has 2 aliphatic heterocycles. The van der Waals surface area contributed by atoms with Gasteiger partial charge < -0.3 is 10.2 Å². The maximum Gasteiger partial charge on any atom is 0.0243 e. The Hall–Kier alpha value is -0.120. The second-order valence-corrected chi connectivity index (χ2v) is 7.82. The first-order chi connectivity index (χ1) is 8.88. The van der Waals surface area contributed by atoms with Crippen LogP contribution in [-0.4, -0.2) is 61.7 Å². The van der Waals surface area contributed by atoms with E-state index in [-0.39, 0.29) is 0 Å². The average Bonchev–Trinajstić information content (AvgIpc) is 2.54. The molecule has 0 spiro atoms. The minimum Gasteiger partial charge on any atom is -0.312 e. The number of nitrogens with one attached hydrogen (secondary N) is 1. The third kappa shape index (κ3) is 3.93. The van der Waals surface area contributed by atoms with Crippen molar-refractivity contribution in [2.75, 3.05) is 39.8 Å². The highest BCUT2D eigenvalue weighted by atomic mass is 15.2. The molecule has 2 rings (SSSR count). The fourth-order valence-electron chi connectivity index (χ4n) is 3.71. The minimum atomic E-state index is 0.358. The molecule has 2 aliphatic rings. The van der Waals surface area contributed by atoms with E-state index in [1.165, 1.54) is 45.6 Å². The van der Waals surface area contributed by atoms with Crippen LogP contribution in [0.4, 0.5) is 0 Å². The predicted molar refractivity (Wildman–Crippen MR) is 82.5 cm³/mol. The third-order valence-electron chi connectivity index (χ3n) is 5.01. The first-order valence-corrected chi connectivity index (χ1v) is 8.04. The van der Waals surface area contributed by atoms with Gasteiger partial charge in [0.2, 0.25) is 0 Å². The van der Waals surface area contributed by atoms with Gasteiger partial charge in [-0.2, -0.15) is 0 Å². The zero-order valence-electron chi connectivity index (χ0n) is 13.6. The van der Waals surface area contributed by atoms with Crippen molar-refractivity contribution in [2.24, 2.45) is 11.3 Å². The maximum atomic E-state index is 3.76. The molecule has 0 bridgehead atoms. The molecule has 0 saturated carbocycles. The quantitative estimate of drug-likeness (QED) is 0.784. The minimum absolute atomic E-state index is 0.358. The van der Waals surface area contributed by atoms with Crippen molar-refractivity contribution in [3.8, 4) is 0 Å². The van der Waals surface area contributed by atoms with Crippen LogP contribution in [0.2, 0.25) is 0 Å². The average molecular weight is 267 g/mol. The lowest BCUT2D eigenvalue weighted by Crippen LogP contribution is -2.53. The molecule has 19 heavy (non-hydrogen) atoms. The second kappa shape index (κ2) is 6.11. The summed E-state index contributed by atoms with van der Waals surface area (Å²) in [6.45, 7) is 15.7. The Balaban J connectivity index is 2.02. The smallest absolute Gasteiger partial charge is 0.0243 e. The molecule has 0 aliphatic carbocycles. The van der Waals surface area contributed by atoms with Crippen LogP contribution in [-0.2, 0) is 0 Å². The Morgan fingerprint density at radius 3 is 2.47 bits per heavy atom. The normalized spacial score (nSPS) is 36.2. The fourth-order valence-corrected chi connectivity index (χ4v) is 3.71. The monoisotopic (exact) mass is 267 g/mol. The summed E-state index contributed by atoms with van der Waals surface area (Å²) in [4.78, 5) is 5.27. The van der Waals surface area contributed by atoms with Crippen molar-refractivity contribution < 1.29 is 0 Å². The Kier molecular flexibility index (Phi) is 4.91. The lowest BCUT2D eigenvalue weighted by atomic mass is 9.85. The van der Waals surface area contributed by atoms with E-state index in [9.17, 15) is 0 Å². The molecule has 3 nitrogen and oxygen atoms in total. The molecule has 2 saturated heterocycles. The summed E-state index contributed by atoms with van der Waals surface area (Å²) < 4.78 is 0. The molecular formula is C16H33N3. The summed E-state index contributed by atoms with van der Waals surface area (Å²) in [5, 5.41) is 3.76. The molecule has 3 atom stereocenters. The molecule has 2 heterocycles. The van der Waals surface area contributed by atoms with Crippen molar-refractivity contribution in [3.63, 3.8) is 0 Å². The molecule has 3 unspecified atom stereocenters. The van der Waals surface area contributed by atoms with Gasteiger partial charge in [0.15, 0.2) is 0 Å². The van der Waals surface area contributed by atoms with Gasteiger partial charge in [-0.1, -0.05) is 27.7 Å². The number of hydrogen-bond acceptors (Lipinski definition) is 3. The zero-order valence-corrected chi connectivity index (χ0v) is 13.6. The summed E-state index contributed by atoms with van der Waals surface area (Å²) in [5.41, 5.74) is 0.358. The summed E-state index contributed by atoms with van der Waals surface area (Å²) >= 11 is 0. The van der Waals surface area contributed by atoms with Crippen molar-refractivity contribution in [1.82, 2.24) is 15.1 Å². The van der Waals surface area contributed by atoms with Gasteiger partial charge >= 0.3 is 0 Å². The van der Waals surface area contributed by atoms with Gasteiger partial charge in [0.25, 0.3) is 0 Å². The first kappa shape index (κ1) is 15.3. The van der Waals surface area contributed by atoms with E-state index >= 15 is 0 Å². The van der Waals surface area contributed by atoms with Gasteiger partial charge in [-0.05, 0) is 50.9 Å². The van der Waals surface area contributed by atoms with Crippen LogP contribution in [0.3, 0.4) is 0 Å². The van der Waals surface area contributed by atoms with Gasteiger partial charge in [-0.15, -0.1) is 0 Å². The Morgan fingerprint density at radius 2 is 1.84 bits per heavy atom. The molecule has 112 valence electrons. The van der Waals surface area contributed by atoms with Crippen LogP contribution >= 0.6 is 0 Å². The van der Waals surface area contributed by atoms with Crippen LogP contribution in [0.1, 0.15) is 40.5 Å². The van der Waals surface area contributed by atoms with Gasteiger partial charge in [-0.25, -0.2) is 0 Å². The van der Waals surface area contributed by atoms with Crippen molar-refractivity contribution in [3.05, 3.63) is 0 Å². The predicted octanol–water partition coefficient (Wildman–Crippen LogP) is 2.04. The largest absolute Gasteiger partial charge is 0.312 e. The molecule has 3 heteroatoms. The number of hydrogen-bond donors (Lipinski definition) is 1. The molecule has 0 radical (unpaired) electrons. The Labute approximate surface area is 119 Å². The van der Waals surface area contributed by atoms with Gasteiger partial charge in [0.1, 0.15) is 0 Å². The van der Waals surface area contributed by atoms with Crippen LogP contribution in [0, 0.1) is 11.3 Å². The Bertz CT molecular complexity index is 284. The van der Waals surface area contributed by atoms with Gasteiger partial charge in [0, 0.05) is 25.2 Å². The first-order valence-electron chi connectivity index (χ1n) is 8.04. The van der Waals surface area contributed by atoms with Crippen LogP contribution in [0.5, 0.6) is 0 Å². The Morgan fingerprint density at radius 1 is 1.11 bits per heavy atom. The van der Waals surface area contributed by atoms with Crippen LogP contribution < -0.4 is 5.32 Å². The molecule has 0 aromatic carbocycles. The molecule has 0 amide bonds. The zero-order chi connectivity index (χ0) is 14.0. The highest BCUT2D eigenvalue weighted by Gasteiger charge is 2.34. The number of piperidine rings is 1. The van der Waals surface area contributed by atoms with Gasteiger partial charge in [-0.3, -0.25) is 4.90 Å². The van der Waals surface area contributed by atoms with E-state index in [2.05, 4.69) is 49.9 Å². The molecule has 2 fully saturated rings. The maximum absolute atomic E-state index is 3.76. The SMILES string of the molecule is CC1CN(C)CCC1N1CCCNC(C(C)(C)C)C1. The summed E-state index contributed by atoms with van der Waals surface area (Å²) in [6, 6.07) is 1.42. The van der Waals surface area contributed by atoms with E-state index in [1.807, 2.05) is 0 Å². The summed E-state index contributed by atoms with van der Waals surface area (Å²) in [5.74, 6) is 0.803. The van der Waals surface area contributed by atoms with Crippen LogP contribution in [0.25, 0.3) is 0 Å². The highest BCUT2D eigenvalue weighted by Crippen LogP contribution is 2.27. The molecule has 1 N–H and O–H groups in total.